The Balaban J connectivity index is 2.09. The lowest BCUT2D eigenvalue weighted by Gasteiger charge is -2.07. The molecular weight excluding hydrogens is 429 g/mol. The lowest BCUT2D eigenvalue weighted by atomic mass is 10.1. The van der Waals surface area contributed by atoms with Gasteiger partial charge in [0.25, 0.3) is 5.91 Å². The average Bonchev–Trinajstić information content (AvgIpc) is 2.91. The number of carbonyl (C=O) groups is 1. The van der Waals surface area contributed by atoms with E-state index in [2.05, 4.69) is 20.9 Å². The third-order valence-corrected chi connectivity index (χ3v) is 5.26. The van der Waals surface area contributed by atoms with Gasteiger partial charge in [-0.25, -0.2) is 0 Å². The van der Waals surface area contributed by atoms with Gasteiger partial charge in [0.15, 0.2) is 4.80 Å². The lowest BCUT2D eigenvalue weighted by molar-refractivity contribution is -0.137. The number of aryl methyl sites for hydroxylation is 1. The molecule has 3 aromatic rings. The van der Waals surface area contributed by atoms with Crippen molar-refractivity contribution in [2.45, 2.75) is 26.1 Å². The lowest BCUT2D eigenvalue weighted by Crippen LogP contribution is -2.17. The molecule has 0 fully saturated rings. The van der Waals surface area contributed by atoms with E-state index in [9.17, 15) is 18.0 Å². The van der Waals surface area contributed by atoms with Crippen LogP contribution in [-0.2, 0) is 12.7 Å². The molecule has 0 aliphatic carbocycles. The number of carbonyl (C=O) groups excluding carboxylic acids is 1. The third kappa shape index (κ3) is 3.91. The Kier molecular flexibility index (Phi) is 5.34. The second-order valence-corrected chi connectivity index (χ2v) is 7.57. The van der Waals surface area contributed by atoms with Crippen LogP contribution in [0.25, 0.3) is 10.2 Å². The van der Waals surface area contributed by atoms with Crippen molar-refractivity contribution < 1.29 is 18.0 Å². The predicted octanol–water partition coefficient (Wildman–Crippen LogP) is 5.64. The van der Waals surface area contributed by atoms with Gasteiger partial charge in [-0.2, -0.15) is 18.2 Å². The van der Waals surface area contributed by atoms with Crippen LogP contribution in [0.3, 0.4) is 0 Å². The molecule has 0 bridgehead atoms. The van der Waals surface area contributed by atoms with Gasteiger partial charge in [0, 0.05) is 16.6 Å². The van der Waals surface area contributed by atoms with Crippen LogP contribution in [0.4, 0.5) is 13.2 Å². The number of halogens is 4. The van der Waals surface area contributed by atoms with Crippen molar-refractivity contribution in [3.05, 3.63) is 62.9 Å². The molecule has 0 spiro atoms. The standard InChI is InChI=1S/C18H14BrF3N2OS/c1-2-8-24-14-7-6-13(19)10-15(14)26-17(24)23-16(25)11-4-3-5-12(9-11)18(20,21)22/h3-7,9-10H,2,8H2,1H3. The van der Waals surface area contributed by atoms with E-state index in [0.717, 1.165) is 33.2 Å². The Morgan fingerprint density at radius 2 is 2.00 bits per heavy atom. The van der Waals surface area contributed by atoms with Crippen molar-refractivity contribution in [2.24, 2.45) is 4.99 Å². The van der Waals surface area contributed by atoms with Crippen LogP contribution < -0.4 is 4.80 Å². The first-order valence-corrected chi connectivity index (χ1v) is 9.45. The molecule has 0 radical (unpaired) electrons. The summed E-state index contributed by atoms with van der Waals surface area (Å²) in [5.74, 6) is -0.688. The zero-order chi connectivity index (χ0) is 18.9. The summed E-state index contributed by atoms with van der Waals surface area (Å²) >= 11 is 4.75. The fraction of sp³-hybridized carbons (Fsp3) is 0.222. The second-order valence-electron chi connectivity index (χ2n) is 5.64. The maximum absolute atomic E-state index is 12.9. The minimum absolute atomic E-state index is 0.0819. The van der Waals surface area contributed by atoms with E-state index in [1.54, 1.807) is 0 Å². The summed E-state index contributed by atoms with van der Waals surface area (Å²) in [6, 6.07) is 10.1. The summed E-state index contributed by atoms with van der Waals surface area (Å²) in [7, 11) is 0. The van der Waals surface area contributed by atoms with Crippen molar-refractivity contribution in [3.8, 4) is 0 Å². The highest BCUT2D eigenvalue weighted by atomic mass is 79.9. The number of benzene rings is 2. The summed E-state index contributed by atoms with van der Waals surface area (Å²) in [4.78, 5) is 17.0. The van der Waals surface area contributed by atoms with E-state index in [1.165, 1.54) is 23.5 Å². The SMILES string of the molecule is CCCn1c(=NC(=O)c2cccc(C(F)(F)F)c2)sc2cc(Br)ccc21. The van der Waals surface area contributed by atoms with E-state index in [0.29, 0.717) is 11.3 Å². The maximum atomic E-state index is 12.9. The number of amides is 1. The van der Waals surface area contributed by atoms with Gasteiger partial charge in [-0.05, 0) is 42.8 Å². The van der Waals surface area contributed by atoms with Crippen LogP contribution >= 0.6 is 27.3 Å². The quantitative estimate of drug-likeness (QED) is 0.516. The first kappa shape index (κ1) is 18.8. The largest absolute Gasteiger partial charge is 0.416 e. The number of hydrogen-bond donors (Lipinski definition) is 0. The van der Waals surface area contributed by atoms with Crippen LogP contribution in [0, 0.1) is 0 Å². The van der Waals surface area contributed by atoms with Gasteiger partial charge in [0.1, 0.15) is 0 Å². The Bertz CT molecular complexity index is 1040. The second kappa shape index (κ2) is 7.36. The maximum Gasteiger partial charge on any atom is 0.416 e. The Morgan fingerprint density at radius 3 is 2.69 bits per heavy atom. The van der Waals surface area contributed by atoms with Crippen molar-refractivity contribution in [3.63, 3.8) is 0 Å². The summed E-state index contributed by atoms with van der Waals surface area (Å²) in [6.07, 6.45) is -3.66. The summed E-state index contributed by atoms with van der Waals surface area (Å²) < 4.78 is 42.3. The minimum Gasteiger partial charge on any atom is -0.316 e. The number of thiazole rings is 1. The predicted molar refractivity (Wildman–Crippen MR) is 99.1 cm³/mol. The van der Waals surface area contributed by atoms with Crippen molar-refractivity contribution in [1.82, 2.24) is 4.57 Å². The number of hydrogen-bond acceptors (Lipinski definition) is 2. The number of rotatable bonds is 3. The van der Waals surface area contributed by atoms with Gasteiger partial charge in [0.05, 0.1) is 15.8 Å². The first-order valence-electron chi connectivity index (χ1n) is 7.85. The molecule has 0 atom stereocenters. The smallest absolute Gasteiger partial charge is 0.316 e. The van der Waals surface area contributed by atoms with Crippen LogP contribution in [0.1, 0.15) is 29.3 Å². The van der Waals surface area contributed by atoms with Crippen LogP contribution in [0.2, 0.25) is 0 Å². The highest BCUT2D eigenvalue weighted by Crippen LogP contribution is 2.29. The average molecular weight is 443 g/mol. The molecule has 2 aromatic carbocycles. The molecule has 0 N–H and O–H groups in total. The van der Waals surface area contributed by atoms with Gasteiger partial charge in [-0.15, -0.1) is 0 Å². The third-order valence-electron chi connectivity index (χ3n) is 3.73. The molecule has 26 heavy (non-hydrogen) atoms. The molecule has 0 aliphatic heterocycles. The fourth-order valence-electron chi connectivity index (χ4n) is 2.55. The molecule has 1 amide bonds. The van der Waals surface area contributed by atoms with E-state index >= 15 is 0 Å². The van der Waals surface area contributed by atoms with E-state index in [-0.39, 0.29) is 5.56 Å². The number of nitrogens with zero attached hydrogens (tertiary/aromatic N) is 2. The fourth-order valence-corrected chi connectivity index (χ4v) is 4.16. The Morgan fingerprint density at radius 1 is 1.23 bits per heavy atom. The van der Waals surface area contributed by atoms with Gasteiger partial charge in [0.2, 0.25) is 0 Å². The highest BCUT2D eigenvalue weighted by Gasteiger charge is 2.30. The van der Waals surface area contributed by atoms with Crippen LogP contribution in [-0.4, -0.2) is 10.5 Å². The first-order chi connectivity index (χ1) is 12.3. The molecule has 0 saturated heterocycles. The highest BCUT2D eigenvalue weighted by molar-refractivity contribution is 9.10. The Labute approximate surface area is 159 Å². The van der Waals surface area contributed by atoms with Gasteiger partial charge in [-0.1, -0.05) is 40.3 Å². The molecule has 0 saturated carbocycles. The van der Waals surface area contributed by atoms with Crippen molar-refractivity contribution >= 4 is 43.4 Å². The molecule has 3 nitrogen and oxygen atoms in total. The van der Waals surface area contributed by atoms with Gasteiger partial charge in [-0.3, -0.25) is 4.79 Å². The van der Waals surface area contributed by atoms with Crippen LogP contribution in [0.5, 0.6) is 0 Å². The van der Waals surface area contributed by atoms with Crippen LogP contribution in [0.15, 0.2) is 51.9 Å². The van der Waals surface area contributed by atoms with Gasteiger partial charge >= 0.3 is 6.18 Å². The topological polar surface area (TPSA) is 34.4 Å². The van der Waals surface area contributed by atoms with E-state index in [4.69, 9.17) is 0 Å². The molecular formula is C18H14BrF3N2OS. The summed E-state index contributed by atoms with van der Waals surface area (Å²) in [5, 5.41) is 0. The zero-order valence-electron chi connectivity index (χ0n) is 13.7. The molecule has 8 heteroatoms. The zero-order valence-corrected chi connectivity index (χ0v) is 16.1. The summed E-state index contributed by atoms with van der Waals surface area (Å²) in [6.45, 7) is 2.67. The van der Waals surface area contributed by atoms with Gasteiger partial charge < -0.3 is 4.57 Å². The molecule has 1 heterocycles. The molecule has 0 aliphatic rings. The van der Waals surface area contributed by atoms with E-state index in [1.807, 2.05) is 29.7 Å². The van der Waals surface area contributed by atoms with E-state index < -0.39 is 17.6 Å². The number of alkyl halides is 3. The van der Waals surface area contributed by atoms with Crippen molar-refractivity contribution in [1.29, 1.82) is 0 Å². The molecule has 0 unspecified atom stereocenters. The monoisotopic (exact) mass is 442 g/mol. The number of fused-ring (bicyclic) bond motifs is 1. The number of aromatic nitrogens is 1. The molecule has 136 valence electrons. The Hall–Kier alpha value is -1.93. The minimum atomic E-state index is -4.50. The van der Waals surface area contributed by atoms with Crippen molar-refractivity contribution in [2.75, 3.05) is 0 Å². The summed E-state index contributed by atoms with van der Waals surface area (Å²) in [5.41, 5.74) is -0.00240. The normalized spacial score (nSPS) is 12.7. The molecule has 3 rings (SSSR count). The molecule has 1 aromatic heterocycles.